The lowest BCUT2D eigenvalue weighted by atomic mass is 9.90. The maximum Gasteiger partial charge on any atom is 0.305 e. The standard InChI is InChI=1S/C29H32Br2N2O4S/c1-2-37-25(34)11-7-6-10-21-22(17-23(30)27(35)26(21)31)24-18-38-28(32-24)29(36)33-14-12-20(13-15-33)16-19-8-4-3-5-9-19/h3-5,8-9,17-18,20,35H,2,6-7,10-16H2,1H3. The molecule has 0 spiro atoms. The molecule has 1 N–H and O–H groups in total. The molecule has 1 aliphatic heterocycles. The van der Waals surface area contributed by atoms with Crippen molar-refractivity contribution in [3.05, 3.63) is 66.9 Å². The van der Waals surface area contributed by atoms with Crippen LogP contribution in [0.15, 0.2) is 50.7 Å². The highest BCUT2D eigenvalue weighted by molar-refractivity contribution is 9.11. The number of nitrogens with zero attached hydrogens (tertiary/aromatic N) is 2. The van der Waals surface area contributed by atoms with Crippen LogP contribution < -0.4 is 0 Å². The average Bonchev–Trinajstić information content (AvgIpc) is 3.41. The molecule has 1 amide bonds. The monoisotopic (exact) mass is 662 g/mol. The van der Waals surface area contributed by atoms with E-state index in [-0.39, 0.29) is 17.6 Å². The average molecular weight is 664 g/mol. The van der Waals surface area contributed by atoms with Gasteiger partial charge in [-0.2, -0.15) is 0 Å². The predicted molar refractivity (Wildman–Crippen MR) is 158 cm³/mol. The first-order chi connectivity index (χ1) is 18.4. The number of rotatable bonds is 10. The number of benzene rings is 2. The molecular weight excluding hydrogens is 632 g/mol. The summed E-state index contributed by atoms with van der Waals surface area (Å²) >= 11 is 8.33. The second-order valence-corrected chi connectivity index (χ2v) is 12.0. The fraction of sp³-hybridized carbons (Fsp3) is 0.414. The minimum absolute atomic E-state index is 0.0210. The highest BCUT2D eigenvalue weighted by Crippen LogP contribution is 2.42. The molecule has 0 aliphatic carbocycles. The van der Waals surface area contributed by atoms with Crippen molar-refractivity contribution in [3.63, 3.8) is 0 Å². The van der Waals surface area contributed by atoms with Gasteiger partial charge in [-0.05, 0) is 100 Å². The van der Waals surface area contributed by atoms with Crippen molar-refractivity contribution < 1.29 is 19.4 Å². The van der Waals surface area contributed by atoms with Crippen molar-refractivity contribution in [1.82, 2.24) is 9.88 Å². The molecule has 202 valence electrons. The summed E-state index contributed by atoms with van der Waals surface area (Å²) in [5.74, 6) is 0.495. The van der Waals surface area contributed by atoms with Crippen molar-refractivity contribution in [1.29, 1.82) is 0 Å². The van der Waals surface area contributed by atoms with E-state index in [2.05, 4.69) is 56.1 Å². The molecular formula is C29H32Br2N2O4S. The number of amides is 1. The van der Waals surface area contributed by atoms with Crippen molar-refractivity contribution >= 4 is 55.1 Å². The van der Waals surface area contributed by atoms with Gasteiger partial charge >= 0.3 is 5.97 Å². The number of hydrogen-bond donors (Lipinski definition) is 1. The molecule has 3 aromatic rings. The smallest absolute Gasteiger partial charge is 0.305 e. The van der Waals surface area contributed by atoms with Crippen LogP contribution >= 0.6 is 43.2 Å². The van der Waals surface area contributed by atoms with Gasteiger partial charge in [-0.1, -0.05) is 30.3 Å². The highest BCUT2D eigenvalue weighted by Gasteiger charge is 2.26. The summed E-state index contributed by atoms with van der Waals surface area (Å²) < 4.78 is 6.16. The summed E-state index contributed by atoms with van der Waals surface area (Å²) in [5, 5.41) is 12.9. The van der Waals surface area contributed by atoms with Gasteiger partial charge in [0.25, 0.3) is 5.91 Å². The topological polar surface area (TPSA) is 79.7 Å². The van der Waals surface area contributed by atoms with Crippen LogP contribution in [0.25, 0.3) is 11.3 Å². The minimum atomic E-state index is -0.197. The number of piperidine rings is 1. The van der Waals surface area contributed by atoms with Gasteiger partial charge in [0, 0.05) is 30.5 Å². The first kappa shape index (κ1) is 28.8. The number of phenolic OH excluding ortho intramolecular Hbond substituents is 1. The lowest BCUT2D eigenvalue weighted by Crippen LogP contribution is -2.38. The van der Waals surface area contributed by atoms with Crippen LogP contribution in [-0.2, 0) is 22.4 Å². The Morgan fingerprint density at radius 1 is 1.16 bits per heavy atom. The molecule has 0 unspecified atom stereocenters. The van der Waals surface area contributed by atoms with E-state index in [0.29, 0.717) is 51.4 Å². The molecule has 6 nitrogen and oxygen atoms in total. The Hall–Kier alpha value is -2.23. The van der Waals surface area contributed by atoms with Gasteiger partial charge in [0.05, 0.1) is 21.2 Å². The van der Waals surface area contributed by atoms with E-state index in [1.54, 1.807) is 6.92 Å². The molecule has 0 saturated carbocycles. The van der Waals surface area contributed by atoms with Crippen LogP contribution in [0.2, 0.25) is 0 Å². The van der Waals surface area contributed by atoms with Gasteiger partial charge in [-0.15, -0.1) is 11.3 Å². The van der Waals surface area contributed by atoms with Crippen LogP contribution in [-0.4, -0.2) is 46.6 Å². The number of hydrogen-bond acceptors (Lipinski definition) is 6. The molecule has 38 heavy (non-hydrogen) atoms. The fourth-order valence-electron chi connectivity index (χ4n) is 4.84. The number of ether oxygens (including phenoxy) is 1. The summed E-state index contributed by atoms with van der Waals surface area (Å²) in [4.78, 5) is 31.6. The number of esters is 1. The first-order valence-electron chi connectivity index (χ1n) is 13.0. The van der Waals surface area contributed by atoms with Gasteiger partial charge in [0.2, 0.25) is 0 Å². The normalized spacial score (nSPS) is 14.0. The van der Waals surface area contributed by atoms with Crippen LogP contribution in [0.3, 0.4) is 0 Å². The molecule has 1 aliphatic rings. The van der Waals surface area contributed by atoms with Gasteiger partial charge in [-0.3, -0.25) is 9.59 Å². The van der Waals surface area contributed by atoms with Crippen LogP contribution in [0.5, 0.6) is 5.75 Å². The Morgan fingerprint density at radius 3 is 2.61 bits per heavy atom. The second-order valence-electron chi connectivity index (χ2n) is 9.52. The van der Waals surface area contributed by atoms with E-state index < -0.39 is 0 Å². The molecule has 9 heteroatoms. The van der Waals surface area contributed by atoms with E-state index in [9.17, 15) is 14.7 Å². The number of unbranched alkanes of at least 4 members (excludes halogenated alkanes) is 1. The molecule has 4 rings (SSSR count). The lowest BCUT2D eigenvalue weighted by Gasteiger charge is -2.31. The van der Waals surface area contributed by atoms with E-state index in [4.69, 9.17) is 9.72 Å². The third kappa shape index (κ3) is 7.24. The zero-order valence-electron chi connectivity index (χ0n) is 21.4. The SMILES string of the molecule is CCOC(=O)CCCCc1c(-c2csc(C(=O)N3CCC(Cc4ccccc4)CC3)n2)cc(Br)c(O)c1Br. The Bertz CT molecular complexity index is 1260. The molecule has 1 fully saturated rings. The summed E-state index contributed by atoms with van der Waals surface area (Å²) in [6.07, 6.45) is 5.48. The summed E-state index contributed by atoms with van der Waals surface area (Å²) in [5.41, 5.74) is 3.82. The van der Waals surface area contributed by atoms with Crippen molar-refractivity contribution in [3.8, 4) is 17.0 Å². The first-order valence-corrected chi connectivity index (χ1v) is 15.5. The Morgan fingerprint density at radius 2 is 1.89 bits per heavy atom. The predicted octanol–water partition coefficient (Wildman–Crippen LogP) is 7.41. The van der Waals surface area contributed by atoms with Crippen LogP contribution in [0, 0.1) is 5.92 Å². The molecule has 2 aromatic carbocycles. The van der Waals surface area contributed by atoms with Gasteiger partial charge < -0.3 is 14.7 Å². The zero-order chi connectivity index (χ0) is 27.1. The maximum atomic E-state index is 13.3. The molecule has 0 bridgehead atoms. The van der Waals surface area contributed by atoms with E-state index in [1.165, 1.54) is 16.9 Å². The van der Waals surface area contributed by atoms with Crippen LogP contribution in [0.4, 0.5) is 0 Å². The van der Waals surface area contributed by atoms with E-state index in [1.807, 2.05) is 22.4 Å². The second kappa shape index (κ2) is 13.7. The van der Waals surface area contributed by atoms with Gasteiger partial charge in [0.15, 0.2) is 5.01 Å². The summed E-state index contributed by atoms with van der Waals surface area (Å²) in [6.45, 7) is 3.67. The number of phenols is 1. The van der Waals surface area contributed by atoms with E-state index >= 15 is 0 Å². The third-order valence-corrected chi connectivity index (χ3v) is 9.18. The number of halogens is 2. The summed E-state index contributed by atoms with van der Waals surface area (Å²) in [6, 6.07) is 12.4. The van der Waals surface area contributed by atoms with Crippen LogP contribution in [0.1, 0.15) is 60.0 Å². The molecule has 1 saturated heterocycles. The fourth-order valence-corrected chi connectivity index (χ4v) is 6.95. The number of carbonyl (C=O) groups is 2. The maximum absolute atomic E-state index is 13.3. The summed E-state index contributed by atoms with van der Waals surface area (Å²) in [7, 11) is 0. The Labute approximate surface area is 244 Å². The Balaban J connectivity index is 1.42. The van der Waals surface area contributed by atoms with E-state index in [0.717, 1.165) is 49.9 Å². The number of aromatic hydroxyl groups is 1. The Kier molecular flexibility index (Phi) is 10.4. The quantitative estimate of drug-likeness (QED) is 0.181. The number of aromatic nitrogens is 1. The largest absolute Gasteiger partial charge is 0.506 e. The van der Waals surface area contributed by atoms with Gasteiger partial charge in [-0.25, -0.2) is 4.98 Å². The highest BCUT2D eigenvalue weighted by atomic mass is 79.9. The molecule has 0 atom stereocenters. The molecule has 2 heterocycles. The van der Waals surface area contributed by atoms with Crippen molar-refractivity contribution in [2.75, 3.05) is 19.7 Å². The molecule has 1 aromatic heterocycles. The van der Waals surface area contributed by atoms with Crippen molar-refractivity contribution in [2.24, 2.45) is 5.92 Å². The van der Waals surface area contributed by atoms with Gasteiger partial charge in [0.1, 0.15) is 5.75 Å². The number of carbonyl (C=O) groups excluding carboxylic acids is 2. The zero-order valence-corrected chi connectivity index (χ0v) is 25.4. The molecule has 0 radical (unpaired) electrons. The minimum Gasteiger partial charge on any atom is -0.506 e. The lowest BCUT2D eigenvalue weighted by molar-refractivity contribution is -0.143. The number of thiazole rings is 1. The van der Waals surface area contributed by atoms with Crippen molar-refractivity contribution in [2.45, 2.75) is 51.9 Å². The third-order valence-electron chi connectivity index (χ3n) is 6.89. The number of likely N-dealkylation sites (tertiary alicyclic amines) is 1.